The Hall–Kier alpha value is -1.26. The highest BCUT2D eigenvalue weighted by Crippen LogP contribution is 2.19. The van der Waals surface area contributed by atoms with Crippen LogP contribution in [0.1, 0.15) is 38.5 Å². The van der Waals surface area contributed by atoms with Crippen molar-refractivity contribution in [3.63, 3.8) is 0 Å². The summed E-state index contributed by atoms with van der Waals surface area (Å²) in [5.74, 6) is 1.01. The molecule has 0 atom stereocenters. The van der Waals surface area contributed by atoms with Crippen LogP contribution in [0.3, 0.4) is 0 Å². The third-order valence-electron chi connectivity index (χ3n) is 2.69. The summed E-state index contributed by atoms with van der Waals surface area (Å²) in [5, 5.41) is 9.90. The summed E-state index contributed by atoms with van der Waals surface area (Å²) >= 11 is 0. The van der Waals surface area contributed by atoms with Crippen LogP contribution in [0.2, 0.25) is 0 Å². The maximum absolute atomic E-state index is 5.45. The Labute approximate surface area is 83.5 Å². The fraction of sp³-hybridized carbons (Fsp3) is 0.778. The van der Waals surface area contributed by atoms with Gasteiger partial charge in [-0.2, -0.15) is 4.98 Å². The maximum atomic E-state index is 5.45. The Balaban J connectivity index is 1.89. The van der Waals surface area contributed by atoms with E-state index in [-0.39, 0.29) is 0 Å². The molecule has 0 bridgehead atoms. The molecule has 0 aromatic carbocycles. The fourth-order valence-corrected chi connectivity index (χ4v) is 1.95. The molecule has 0 unspecified atom stereocenters. The summed E-state index contributed by atoms with van der Waals surface area (Å²) < 4.78 is 0. The molecule has 1 saturated carbocycles. The minimum absolute atomic E-state index is 0.376. The first-order chi connectivity index (χ1) is 6.84. The minimum atomic E-state index is 0.376. The van der Waals surface area contributed by atoms with Crippen molar-refractivity contribution in [2.75, 3.05) is 11.1 Å². The third kappa shape index (κ3) is 2.37. The van der Waals surface area contributed by atoms with E-state index in [4.69, 9.17) is 5.73 Å². The first-order valence-electron chi connectivity index (χ1n) is 5.29. The van der Waals surface area contributed by atoms with E-state index in [2.05, 4.69) is 20.5 Å². The minimum Gasteiger partial charge on any atom is -0.368 e. The Bertz CT molecular complexity index is 274. The molecule has 1 aliphatic rings. The lowest BCUT2D eigenvalue weighted by Gasteiger charge is -2.13. The van der Waals surface area contributed by atoms with Crippen molar-refractivity contribution < 1.29 is 0 Å². The molecular weight excluding hydrogens is 178 g/mol. The molecule has 2 rings (SSSR count). The zero-order chi connectivity index (χ0) is 9.80. The van der Waals surface area contributed by atoms with E-state index in [1.54, 1.807) is 0 Å². The van der Waals surface area contributed by atoms with Crippen LogP contribution < -0.4 is 11.1 Å². The second-order valence-electron chi connectivity index (χ2n) is 3.88. The molecule has 1 heterocycles. The van der Waals surface area contributed by atoms with Crippen LogP contribution in [0.15, 0.2) is 0 Å². The molecule has 14 heavy (non-hydrogen) atoms. The van der Waals surface area contributed by atoms with Gasteiger partial charge in [0.1, 0.15) is 0 Å². The summed E-state index contributed by atoms with van der Waals surface area (Å²) in [7, 11) is 0. The van der Waals surface area contributed by atoms with Gasteiger partial charge < -0.3 is 11.1 Å². The van der Waals surface area contributed by atoms with Gasteiger partial charge in [0.2, 0.25) is 11.9 Å². The number of hydrogen-bond acceptors (Lipinski definition) is 4. The Morgan fingerprint density at radius 2 is 1.93 bits per heavy atom. The SMILES string of the molecule is Nc1nc(NC2CCCCCC2)n[nH]1. The molecule has 1 aliphatic carbocycles. The van der Waals surface area contributed by atoms with Crippen molar-refractivity contribution in [2.24, 2.45) is 0 Å². The molecule has 0 aliphatic heterocycles. The molecule has 1 aromatic rings. The van der Waals surface area contributed by atoms with Gasteiger partial charge in [-0.3, -0.25) is 0 Å². The number of aromatic amines is 1. The van der Waals surface area contributed by atoms with Gasteiger partial charge in [-0.15, -0.1) is 5.10 Å². The van der Waals surface area contributed by atoms with E-state index >= 15 is 0 Å². The van der Waals surface area contributed by atoms with Crippen molar-refractivity contribution in [3.8, 4) is 0 Å². The Kier molecular flexibility index (Phi) is 2.86. The van der Waals surface area contributed by atoms with E-state index < -0.39 is 0 Å². The molecule has 5 heteroatoms. The lowest BCUT2D eigenvalue weighted by molar-refractivity contribution is 0.615. The van der Waals surface area contributed by atoms with Crippen LogP contribution in [0.4, 0.5) is 11.9 Å². The van der Waals surface area contributed by atoms with Gasteiger partial charge in [-0.1, -0.05) is 25.7 Å². The smallest absolute Gasteiger partial charge is 0.243 e. The summed E-state index contributed by atoms with van der Waals surface area (Å²) in [6.45, 7) is 0. The quantitative estimate of drug-likeness (QED) is 0.625. The van der Waals surface area contributed by atoms with Crippen LogP contribution >= 0.6 is 0 Å². The molecular formula is C9H17N5. The van der Waals surface area contributed by atoms with Crippen molar-refractivity contribution >= 4 is 11.9 Å². The van der Waals surface area contributed by atoms with Crippen LogP contribution in [-0.4, -0.2) is 21.2 Å². The van der Waals surface area contributed by atoms with Crippen LogP contribution in [0.25, 0.3) is 0 Å². The normalized spacial score (nSPS) is 19.1. The number of H-pyrrole nitrogens is 1. The summed E-state index contributed by atoms with van der Waals surface area (Å²) in [6.07, 6.45) is 7.75. The van der Waals surface area contributed by atoms with Crippen LogP contribution in [-0.2, 0) is 0 Å². The molecule has 0 spiro atoms. The summed E-state index contributed by atoms with van der Waals surface area (Å²) in [5.41, 5.74) is 5.45. The first kappa shape index (κ1) is 9.30. The predicted molar refractivity (Wildman–Crippen MR) is 55.9 cm³/mol. The van der Waals surface area contributed by atoms with Gasteiger partial charge in [0.25, 0.3) is 0 Å². The van der Waals surface area contributed by atoms with E-state index in [9.17, 15) is 0 Å². The number of nitrogens with one attached hydrogen (secondary N) is 2. The number of anilines is 2. The van der Waals surface area contributed by atoms with E-state index in [0.29, 0.717) is 17.9 Å². The van der Waals surface area contributed by atoms with Gasteiger partial charge in [-0.25, -0.2) is 5.10 Å². The van der Waals surface area contributed by atoms with Gasteiger partial charge in [-0.05, 0) is 12.8 Å². The molecule has 78 valence electrons. The number of nitrogens with two attached hydrogens (primary N) is 1. The number of nitrogens with zero attached hydrogens (tertiary/aromatic N) is 2. The standard InChI is InChI=1S/C9H17N5/c10-8-12-9(14-13-8)11-7-5-3-1-2-4-6-7/h7H,1-6H2,(H4,10,11,12,13,14). The molecule has 0 amide bonds. The third-order valence-corrected chi connectivity index (χ3v) is 2.69. The van der Waals surface area contributed by atoms with E-state index in [1.807, 2.05) is 0 Å². The number of nitrogen functional groups attached to an aromatic ring is 1. The number of aromatic nitrogens is 3. The topological polar surface area (TPSA) is 79.6 Å². The molecule has 1 fully saturated rings. The second-order valence-corrected chi connectivity index (χ2v) is 3.88. The molecule has 4 N–H and O–H groups in total. The average Bonchev–Trinajstić information content (AvgIpc) is 2.43. The Morgan fingerprint density at radius 3 is 2.50 bits per heavy atom. The van der Waals surface area contributed by atoms with Crippen molar-refractivity contribution in [1.29, 1.82) is 0 Å². The average molecular weight is 195 g/mol. The monoisotopic (exact) mass is 195 g/mol. The number of hydrogen-bond donors (Lipinski definition) is 3. The maximum Gasteiger partial charge on any atom is 0.243 e. The lowest BCUT2D eigenvalue weighted by Crippen LogP contribution is -2.19. The fourth-order valence-electron chi connectivity index (χ4n) is 1.95. The molecule has 1 aromatic heterocycles. The molecule has 5 nitrogen and oxygen atoms in total. The Morgan fingerprint density at radius 1 is 1.21 bits per heavy atom. The predicted octanol–water partition coefficient (Wildman–Crippen LogP) is 1.52. The van der Waals surface area contributed by atoms with Gasteiger partial charge in [0.15, 0.2) is 0 Å². The van der Waals surface area contributed by atoms with Gasteiger partial charge in [0, 0.05) is 6.04 Å². The first-order valence-corrected chi connectivity index (χ1v) is 5.29. The summed E-state index contributed by atoms with van der Waals surface area (Å²) in [4.78, 5) is 4.04. The largest absolute Gasteiger partial charge is 0.368 e. The van der Waals surface area contributed by atoms with E-state index in [1.165, 1.54) is 38.5 Å². The zero-order valence-corrected chi connectivity index (χ0v) is 8.29. The van der Waals surface area contributed by atoms with Gasteiger partial charge >= 0.3 is 0 Å². The highest BCUT2D eigenvalue weighted by Gasteiger charge is 2.13. The number of rotatable bonds is 2. The van der Waals surface area contributed by atoms with Crippen molar-refractivity contribution in [2.45, 2.75) is 44.6 Å². The van der Waals surface area contributed by atoms with Crippen LogP contribution in [0, 0.1) is 0 Å². The molecule has 0 radical (unpaired) electrons. The zero-order valence-electron chi connectivity index (χ0n) is 8.29. The summed E-state index contributed by atoms with van der Waals surface area (Å²) in [6, 6.07) is 0.521. The molecule has 0 saturated heterocycles. The van der Waals surface area contributed by atoms with Crippen molar-refractivity contribution in [3.05, 3.63) is 0 Å². The van der Waals surface area contributed by atoms with Crippen LogP contribution in [0.5, 0.6) is 0 Å². The van der Waals surface area contributed by atoms with Gasteiger partial charge in [0.05, 0.1) is 0 Å². The highest BCUT2D eigenvalue weighted by atomic mass is 15.3. The van der Waals surface area contributed by atoms with E-state index in [0.717, 1.165) is 0 Å². The lowest BCUT2D eigenvalue weighted by atomic mass is 10.1. The second kappa shape index (κ2) is 4.30. The highest BCUT2D eigenvalue weighted by molar-refractivity contribution is 5.30. The van der Waals surface area contributed by atoms with Crippen molar-refractivity contribution in [1.82, 2.24) is 15.2 Å².